The van der Waals surface area contributed by atoms with E-state index in [0.717, 1.165) is 17.7 Å². The van der Waals surface area contributed by atoms with Gasteiger partial charge in [-0.25, -0.2) is 0 Å². The lowest BCUT2D eigenvalue weighted by atomic mass is 10.2. The fourth-order valence-electron chi connectivity index (χ4n) is 1.53. The molecule has 0 aliphatic rings. The highest BCUT2D eigenvalue weighted by atomic mass is 79.9. The van der Waals surface area contributed by atoms with Crippen molar-refractivity contribution in [2.75, 3.05) is 5.32 Å². The molecule has 0 saturated carbocycles. The highest BCUT2D eigenvalue weighted by molar-refractivity contribution is 9.10. The molecule has 1 aromatic carbocycles. The first-order valence-corrected chi connectivity index (χ1v) is 6.25. The number of benzene rings is 1. The Morgan fingerprint density at radius 3 is 2.37 bits per heavy atom. The molecule has 2 nitrogen and oxygen atoms in total. The van der Waals surface area contributed by atoms with Crippen LogP contribution in [0, 0.1) is 0 Å². The van der Waals surface area contributed by atoms with Crippen LogP contribution >= 0.6 is 15.9 Å². The quantitative estimate of drug-likeness (QED) is 0.897. The van der Waals surface area contributed by atoms with E-state index in [2.05, 4.69) is 26.2 Å². The Bertz CT molecular complexity index is 556. The molecule has 1 aromatic heterocycles. The summed E-state index contributed by atoms with van der Waals surface area (Å²) in [7, 11) is 0. The monoisotopic (exact) mass is 330 g/mol. The maximum atomic E-state index is 12.5. The number of pyridine rings is 1. The summed E-state index contributed by atoms with van der Waals surface area (Å²) in [6, 6.07) is 7.21. The largest absolute Gasteiger partial charge is 0.416 e. The number of alkyl halides is 3. The van der Waals surface area contributed by atoms with Crippen LogP contribution in [0.2, 0.25) is 0 Å². The summed E-state index contributed by atoms with van der Waals surface area (Å²) in [5.74, 6) is 0. The average molecular weight is 331 g/mol. The molecule has 0 amide bonds. The second-order valence-electron chi connectivity index (χ2n) is 3.90. The van der Waals surface area contributed by atoms with Gasteiger partial charge in [-0.1, -0.05) is 0 Å². The molecule has 6 heteroatoms. The van der Waals surface area contributed by atoms with Crippen LogP contribution in [-0.2, 0) is 12.7 Å². The van der Waals surface area contributed by atoms with E-state index in [1.54, 1.807) is 12.4 Å². The van der Waals surface area contributed by atoms with Crippen LogP contribution in [0.25, 0.3) is 0 Å². The molecule has 1 heterocycles. The standard InChI is InChI=1S/C13H10BrF3N2/c14-11-7-10(13(15,16)17)1-2-12(11)19-8-9-3-5-18-6-4-9/h1-7,19H,8H2. The lowest BCUT2D eigenvalue weighted by molar-refractivity contribution is -0.137. The summed E-state index contributed by atoms with van der Waals surface area (Å²) >= 11 is 3.14. The SMILES string of the molecule is FC(F)(F)c1ccc(NCc2ccncc2)c(Br)c1. The van der Waals surface area contributed by atoms with Crippen LogP contribution < -0.4 is 5.32 Å². The third-order valence-corrected chi connectivity index (χ3v) is 3.18. The van der Waals surface area contributed by atoms with Gasteiger partial charge < -0.3 is 5.32 Å². The van der Waals surface area contributed by atoms with Gasteiger partial charge >= 0.3 is 6.18 Å². The van der Waals surface area contributed by atoms with E-state index in [9.17, 15) is 13.2 Å². The van der Waals surface area contributed by atoms with Crippen LogP contribution in [-0.4, -0.2) is 4.98 Å². The minimum atomic E-state index is -4.33. The zero-order valence-electron chi connectivity index (χ0n) is 9.71. The molecule has 2 aromatic rings. The molecule has 1 N–H and O–H groups in total. The van der Waals surface area contributed by atoms with Gasteiger partial charge in [-0.05, 0) is 51.8 Å². The number of hydrogen-bond donors (Lipinski definition) is 1. The van der Waals surface area contributed by atoms with Gasteiger partial charge in [0.05, 0.1) is 5.56 Å². The Morgan fingerprint density at radius 1 is 1.11 bits per heavy atom. The summed E-state index contributed by atoms with van der Waals surface area (Å²) in [5, 5.41) is 3.07. The molecule has 0 aliphatic heterocycles. The lowest BCUT2D eigenvalue weighted by Crippen LogP contribution is -2.06. The molecule has 0 atom stereocenters. The fourth-order valence-corrected chi connectivity index (χ4v) is 2.05. The molecule has 2 rings (SSSR count). The number of halogens is 4. The van der Waals surface area contributed by atoms with Crippen molar-refractivity contribution in [3.05, 3.63) is 58.3 Å². The number of aromatic nitrogens is 1. The predicted molar refractivity (Wildman–Crippen MR) is 70.7 cm³/mol. The molecule has 0 spiro atoms. The molecule has 0 saturated heterocycles. The van der Waals surface area contributed by atoms with Gasteiger partial charge in [-0.3, -0.25) is 4.98 Å². The normalized spacial score (nSPS) is 11.4. The van der Waals surface area contributed by atoms with Crippen molar-refractivity contribution < 1.29 is 13.2 Å². The van der Waals surface area contributed by atoms with E-state index in [1.165, 1.54) is 6.07 Å². The molecule has 0 radical (unpaired) electrons. The molecule has 0 fully saturated rings. The van der Waals surface area contributed by atoms with E-state index in [1.807, 2.05) is 12.1 Å². The van der Waals surface area contributed by atoms with Crippen molar-refractivity contribution in [2.45, 2.75) is 12.7 Å². The van der Waals surface area contributed by atoms with Gasteiger partial charge in [-0.2, -0.15) is 13.2 Å². The van der Waals surface area contributed by atoms with Crippen LogP contribution in [0.15, 0.2) is 47.2 Å². The van der Waals surface area contributed by atoms with Crippen molar-refractivity contribution in [2.24, 2.45) is 0 Å². The smallest absolute Gasteiger partial charge is 0.380 e. The van der Waals surface area contributed by atoms with E-state index < -0.39 is 11.7 Å². The van der Waals surface area contributed by atoms with Gasteiger partial charge in [0.25, 0.3) is 0 Å². The Hall–Kier alpha value is -1.56. The van der Waals surface area contributed by atoms with Gasteiger partial charge in [0, 0.05) is 29.1 Å². The Balaban J connectivity index is 2.10. The second-order valence-corrected chi connectivity index (χ2v) is 4.76. The van der Waals surface area contributed by atoms with Crippen molar-refractivity contribution in [1.29, 1.82) is 0 Å². The highest BCUT2D eigenvalue weighted by Crippen LogP contribution is 2.33. The predicted octanol–water partition coefficient (Wildman–Crippen LogP) is 4.48. The zero-order valence-corrected chi connectivity index (χ0v) is 11.3. The molecular weight excluding hydrogens is 321 g/mol. The number of nitrogens with one attached hydrogen (secondary N) is 1. The number of hydrogen-bond acceptors (Lipinski definition) is 2. The van der Waals surface area contributed by atoms with Gasteiger partial charge in [0.2, 0.25) is 0 Å². The number of nitrogens with zero attached hydrogens (tertiary/aromatic N) is 1. The van der Waals surface area contributed by atoms with Crippen molar-refractivity contribution in [3.63, 3.8) is 0 Å². The average Bonchev–Trinajstić information content (AvgIpc) is 2.37. The molecule has 19 heavy (non-hydrogen) atoms. The van der Waals surface area contributed by atoms with Gasteiger partial charge in [-0.15, -0.1) is 0 Å². The van der Waals surface area contributed by atoms with Crippen LogP contribution in [0.4, 0.5) is 18.9 Å². The van der Waals surface area contributed by atoms with Crippen molar-refractivity contribution in [1.82, 2.24) is 4.98 Å². The Kier molecular flexibility index (Phi) is 4.09. The first kappa shape index (κ1) is 13.9. The van der Waals surface area contributed by atoms with Crippen molar-refractivity contribution >= 4 is 21.6 Å². The maximum Gasteiger partial charge on any atom is 0.416 e. The molecular formula is C13H10BrF3N2. The minimum absolute atomic E-state index is 0.386. The third-order valence-electron chi connectivity index (χ3n) is 2.53. The maximum absolute atomic E-state index is 12.5. The first-order valence-electron chi connectivity index (χ1n) is 5.46. The van der Waals surface area contributed by atoms with Crippen molar-refractivity contribution in [3.8, 4) is 0 Å². The Labute approximate surface area is 116 Å². The van der Waals surface area contributed by atoms with E-state index in [4.69, 9.17) is 0 Å². The van der Waals surface area contributed by atoms with E-state index in [-0.39, 0.29) is 0 Å². The lowest BCUT2D eigenvalue weighted by Gasteiger charge is -2.12. The van der Waals surface area contributed by atoms with Crippen LogP contribution in [0.1, 0.15) is 11.1 Å². The third kappa shape index (κ3) is 3.70. The topological polar surface area (TPSA) is 24.9 Å². The first-order chi connectivity index (χ1) is 8.97. The van der Waals surface area contributed by atoms with Crippen LogP contribution in [0.5, 0.6) is 0 Å². The molecule has 0 aliphatic carbocycles. The number of anilines is 1. The Morgan fingerprint density at radius 2 is 1.79 bits per heavy atom. The highest BCUT2D eigenvalue weighted by Gasteiger charge is 2.30. The second kappa shape index (κ2) is 5.61. The molecule has 100 valence electrons. The van der Waals surface area contributed by atoms with E-state index in [0.29, 0.717) is 16.7 Å². The fraction of sp³-hybridized carbons (Fsp3) is 0.154. The zero-order chi connectivity index (χ0) is 13.9. The minimum Gasteiger partial charge on any atom is -0.380 e. The van der Waals surface area contributed by atoms with Crippen LogP contribution in [0.3, 0.4) is 0 Å². The summed E-state index contributed by atoms with van der Waals surface area (Å²) < 4.78 is 37.9. The molecule has 0 unspecified atom stereocenters. The molecule has 0 bridgehead atoms. The van der Waals surface area contributed by atoms with E-state index >= 15 is 0 Å². The van der Waals surface area contributed by atoms with Gasteiger partial charge in [0.15, 0.2) is 0 Å². The summed E-state index contributed by atoms with van der Waals surface area (Å²) in [6.45, 7) is 0.520. The number of rotatable bonds is 3. The summed E-state index contributed by atoms with van der Waals surface area (Å²) in [6.07, 6.45) is -0.996. The summed E-state index contributed by atoms with van der Waals surface area (Å²) in [4.78, 5) is 3.89. The summed E-state index contributed by atoms with van der Waals surface area (Å²) in [5.41, 5.74) is 0.945. The van der Waals surface area contributed by atoms with Gasteiger partial charge in [0.1, 0.15) is 0 Å².